The van der Waals surface area contributed by atoms with Gasteiger partial charge in [0.2, 0.25) is 0 Å². The van der Waals surface area contributed by atoms with Gasteiger partial charge in [0.1, 0.15) is 5.75 Å². The van der Waals surface area contributed by atoms with Gasteiger partial charge in [-0.3, -0.25) is 4.79 Å². The van der Waals surface area contributed by atoms with E-state index in [1.165, 1.54) is 13.3 Å². The van der Waals surface area contributed by atoms with Crippen LogP contribution in [0.5, 0.6) is 17.2 Å². The molecular weight excluding hydrogens is 420 g/mol. The third-order valence-electron chi connectivity index (χ3n) is 3.95. The monoisotopic (exact) mass is 442 g/mol. The number of amides is 1. The Hall–Kier alpha value is -3.30. The van der Waals surface area contributed by atoms with E-state index in [1.54, 1.807) is 18.2 Å². The van der Waals surface area contributed by atoms with Crippen LogP contribution >= 0.6 is 0 Å². The molecular formula is C21H22F4N2O4. The van der Waals surface area contributed by atoms with Crippen molar-refractivity contribution in [2.45, 2.75) is 32.3 Å². The van der Waals surface area contributed by atoms with Crippen molar-refractivity contribution < 1.29 is 36.6 Å². The molecule has 0 radical (unpaired) electrons. The maximum Gasteiger partial charge on any atom is 0.461 e. The molecule has 2 aromatic rings. The quantitative estimate of drug-likeness (QED) is 0.233. The Labute approximate surface area is 176 Å². The second-order valence-electron chi connectivity index (χ2n) is 6.30. The van der Waals surface area contributed by atoms with Crippen molar-refractivity contribution >= 4 is 12.1 Å². The lowest BCUT2D eigenvalue weighted by Gasteiger charge is -2.16. The summed E-state index contributed by atoms with van der Waals surface area (Å²) in [7, 11) is 1.51. The van der Waals surface area contributed by atoms with Gasteiger partial charge in [-0.15, -0.1) is 0 Å². The predicted octanol–water partition coefficient (Wildman–Crippen LogP) is 4.87. The standard InChI is InChI=1S/C21H22F4N2O4/c1-3-4-11-30-17-10-5-14(12-18(17)29-2)13-26-27-19(28)15-6-8-16(9-7-15)31-21(24,25)20(22)23/h5-10,12-13,20H,3-4,11H2,1-2H3,(H,27,28)/b26-13-. The van der Waals surface area contributed by atoms with Crippen molar-refractivity contribution in [2.75, 3.05) is 13.7 Å². The maximum absolute atomic E-state index is 12.9. The number of ether oxygens (including phenoxy) is 3. The number of halogens is 4. The Kier molecular flexibility index (Phi) is 8.65. The Balaban J connectivity index is 1.96. The van der Waals surface area contributed by atoms with Gasteiger partial charge in [0.05, 0.1) is 19.9 Å². The van der Waals surface area contributed by atoms with E-state index in [0.29, 0.717) is 23.7 Å². The number of unbranched alkanes of at least 4 members (excludes halogenated alkanes) is 1. The van der Waals surface area contributed by atoms with E-state index < -0.39 is 24.2 Å². The lowest BCUT2D eigenvalue weighted by Crippen LogP contribution is -2.33. The summed E-state index contributed by atoms with van der Waals surface area (Å²) in [5.41, 5.74) is 2.99. The first-order chi connectivity index (χ1) is 14.8. The fourth-order valence-electron chi connectivity index (χ4n) is 2.32. The summed E-state index contributed by atoms with van der Waals surface area (Å²) in [5.74, 6) is -0.0203. The molecule has 0 bridgehead atoms. The van der Waals surface area contributed by atoms with E-state index in [0.717, 1.165) is 37.1 Å². The number of hydrogen-bond donors (Lipinski definition) is 1. The molecule has 2 rings (SSSR count). The molecule has 0 fully saturated rings. The molecule has 0 aliphatic carbocycles. The number of carbonyl (C=O) groups is 1. The smallest absolute Gasteiger partial charge is 0.461 e. The van der Waals surface area contributed by atoms with E-state index in [4.69, 9.17) is 9.47 Å². The van der Waals surface area contributed by atoms with Crippen molar-refractivity contribution in [1.29, 1.82) is 0 Å². The van der Waals surface area contributed by atoms with Gasteiger partial charge < -0.3 is 14.2 Å². The van der Waals surface area contributed by atoms with Crippen LogP contribution in [-0.4, -0.2) is 38.4 Å². The summed E-state index contributed by atoms with van der Waals surface area (Å²) in [4.78, 5) is 12.1. The molecule has 0 heterocycles. The molecule has 1 N–H and O–H groups in total. The molecule has 0 aliphatic rings. The third-order valence-corrected chi connectivity index (χ3v) is 3.95. The fourth-order valence-corrected chi connectivity index (χ4v) is 2.32. The molecule has 0 saturated carbocycles. The van der Waals surface area contributed by atoms with Gasteiger partial charge in [-0.1, -0.05) is 13.3 Å². The van der Waals surface area contributed by atoms with E-state index >= 15 is 0 Å². The van der Waals surface area contributed by atoms with Crippen molar-refractivity contribution in [3.8, 4) is 17.2 Å². The molecule has 0 atom stereocenters. The zero-order valence-corrected chi connectivity index (χ0v) is 16.9. The van der Waals surface area contributed by atoms with Crippen LogP contribution in [-0.2, 0) is 0 Å². The lowest BCUT2D eigenvalue weighted by molar-refractivity contribution is -0.253. The van der Waals surface area contributed by atoms with Crippen LogP contribution < -0.4 is 19.6 Å². The number of nitrogens with one attached hydrogen (secondary N) is 1. The van der Waals surface area contributed by atoms with Crippen LogP contribution in [0.3, 0.4) is 0 Å². The molecule has 10 heteroatoms. The first-order valence-corrected chi connectivity index (χ1v) is 9.36. The van der Waals surface area contributed by atoms with Crippen LogP contribution in [0.2, 0.25) is 0 Å². The minimum Gasteiger partial charge on any atom is -0.493 e. The minimum atomic E-state index is -4.62. The average molecular weight is 442 g/mol. The molecule has 2 aromatic carbocycles. The van der Waals surface area contributed by atoms with Crippen LogP contribution in [0.25, 0.3) is 0 Å². The lowest BCUT2D eigenvalue weighted by atomic mass is 10.2. The molecule has 1 amide bonds. The van der Waals surface area contributed by atoms with Crippen molar-refractivity contribution in [3.05, 3.63) is 53.6 Å². The number of hydrazone groups is 1. The zero-order chi connectivity index (χ0) is 22.9. The van der Waals surface area contributed by atoms with Gasteiger partial charge in [-0.2, -0.15) is 22.7 Å². The largest absolute Gasteiger partial charge is 0.493 e. The topological polar surface area (TPSA) is 69.2 Å². The highest BCUT2D eigenvalue weighted by Crippen LogP contribution is 2.28. The van der Waals surface area contributed by atoms with Gasteiger partial charge >= 0.3 is 12.5 Å². The summed E-state index contributed by atoms with van der Waals surface area (Å²) in [6.45, 7) is 2.63. The molecule has 31 heavy (non-hydrogen) atoms. The summed E-state index contributed by atoms with van der Waals surface area (Å²) in [6.07, 6.45) is -5.28. The van der Waals surface area contributed by atoms with E-state index in [1.807, 2.05) is 0 Å². The second-order valence-corrected chi connectivity index (χ2v) is 6.30. The van der Waals surface area contributed by atoms with Crippen molar-refractivity contribution in [2.24, 2.45) is 5.10 Å². The molecule has 0 unspecified atom stereocenters. The highest BCUT2D eigenvalue weighted by atomic mass is 19.3. The minimum absolute atomic E-state index is 0.0714. The number of rotatable bonds is 11. The Morgan fingerprint density at radius 2 is 1.87 bits per heavy atom. The molecule has 0 aromatic heterocycles. The Morgan fingerprint density at radius 3 is 2.48 bits per heavy atom. The zero-order valence-electron chi connectivity index (χ0n) is 16.9. The SMILES string of the molecule is CCCCOc1ccc(/C=N\NC(=O)c2ccc(OC(F)(F)C(F)F)cc2)cc1OC. The van der Waals surface area contributed by atoms with Gasteiger partial charge in [0, 0.05) is 5.56 Å². The summed E-state index contributed by atoms with van der Waals surface area (Å²) in [5, 5.41) is 3.83. The van der Waals surface area contributed by atoms with Crippen molar-refractivity contribution in [3.63, 3.8) is 0 Å². The van der Waals surface area contributed by atoms with Crippen molar-refractivity contribution in [1.82, 2.24) is 5.43 Å². The number of hydrogen-bond acceptors (Lipinski definition) is 5. The van der Waals surface area contributed by atoms with Gasteiger partial charge in [-0.05, 0) is 54.4 Å². The fraction of sp³-hybridized carbons (Fsp3) is 0.333. The first kappa shape index (κ1) is 24.0. The van der Waals surface area contributed by atoms with Crippen LogP contribution in [0.15, 0.2) is 47.6 Å². The van der Waals surface area contributed by atoms with Crippen LogP contribution in [0, 0.1) is 0 Å². The number of carbonyl (C=O) groups excluding carboxylic acids is 1. The number of methoxy groups -OCH3 is 1. The first-order valence-electron chi connectivity index (χ1n) is 9.36. The number of benzene rings is 2. The molecule has 0 spiro atoms. The molecule has 168 valence electrons. The highest BCUT2D eigenvalue weighted by Gasteiger charge is 2.43. The summed E-state index contributed by atoms with van der Waals surface area (Å²) in [6, 6.07) is 9.40. The van der Waals surface area contributed by atoms with E-state index in [2.05, 4.69) is 22.2 Å². The third kappa shape index (κ3) is 7.16. The Morgan fingerprint density at radius 1 is 1.16 bits per heavy atom. The summed E-state index contributed by atoms with van der Waals surface area (Å²) >= 11 is 0. The number of nitrogens with zero attached hydrogens (tertiary/aromatic N) is 1. The average Bonchev–Trinajstić information content (AvgIpc) is 2.74. The summed E-state index contributed by atoms with van der Waals surface area (Å²) < 4.78 is 64.9. The number of alkyl halides is 4. The second kappa shape index (κ2) is 11.2. The predicted molar refractivity (Wildman–Crippen MR) is 106 cm³/mol. The normalized spacial score (nSPS) is 11.6. The van der Waals surface area contributed by atoms with Gasteiger partial charge in [-0.25, -0.2) is 5.43 Å². The van der Waals surface area contributed by atoms with E-state index in [9.17, 15) is 22.4 Å². The van der Waals surface area contributed by atoms with Crippen LogP contribution in [0.4, 0.5) is 17.6 Å². The van der Waals surface area contributed by atoms with Gasteiger partial charge in [0.15, 0.2) is 11.5 Å². The maximum atomic E-state index is 12.9. The molecule has 0 aliphatic heterocycles. The van der Waals surface area contributed by atoms with Gasteiger partial charge in [0.25, 0.3) is 5.91 Å². The molecule has 6 nitrogen and oxygen atoms in total. The highest BCUT2D eigenvalue weighted by molar-refractivity contribution is 5.95. The van der Waals surface area contributed by atoms with E-state index in [-0.39, 0.29) is 5.56 Å². The Bertz CT molecular complexity index is 889. The van der Waals surface area contributed by atoms with Crippen LogP contribution in [0.1, 0.15) is 35.7 Å². The molecule has 0 saturated heterocycles.